The van der Waals surface area contributed by atoms with Crippen LogP contribution in [0.25, 0.3) is 11.0 Å². The normalized spacial score (nSPS) is 15.3. The van der Waals surface area contributed by atoms with Crippen molar-refractivity contribution >= 4 is 51.5 Å². The van der Waals surface area contributed by atoms with Crippen molar-refractivity contribution in [3.63, 3.8) is 0 Å². The Bertz CT molecular complexity index is 1680. The molecule has 0 aliphatic carbocycles. The molecule has 3 N–H and O–H groups in total. The summed E-state index contributed by atoms with van der Waals surface area (Å²) in [5.74, 6) is -2.88. The Labute approximate surface area is 232 Å². The third-order valence-corrected chi connectivity index (χ3v) is 6.69. The van der Waals surface area contributed by atoms with E-state index < -0.39 is 23.5 Å². The predicted octanol–water partition coefficient (Wildman–Crippen LogP) is 6.34. The van der Waals surface area contributed by atoms with Crippen LogP contribution in [0, 0.1) is 0 Å². The molecule has 0 spiro atoms. The summed E-state index contributed by atoms with van der Waals surface area (Å²) >= 11 is 12.3. The number of methoxy groups -OCH3 is 1. The monoisotopic (exact) mass is 569 g/mol. The molecule has 11 heteroatoms. The zero-order valence-electron chi connectivity index (χ0n) is 20.6. The van der Waals surface area contributed by atoms with Crippen molar-refractivity contribution in [2.75, 3.05) is 18.6 Å². The molecule has 1 atom stereocenters. The molecule has 0 fully saturated rings. The molecular weight excluding hydrogens is 549 g/mol. The highest BCUT2D eigenvalue weighted by atomic mass is 35.5. The van der Waals surface area contributed by atoms with Crippen LogP contribution in [0.15, 0.2) is 70.3 Å². The lowest BCUT2D eigenvalue weighted by Crippen LogP contribution is -2.31. The van der Waals surface area contributed by atoms with Gasteiger partial charge in [-0.1, -0.05) is 29.3 Å². The van der Waals surface area contributed by atoms with Gasteiger partial charge in [0.15, 0.2) is 34.4 Å². The van der Waals surface area contributed by atoms with Gasteiger partial charge < -0.3 is 29.2 Å². The number of rotatable bonds is 7. The zero-order valence-corrected chi connectivity index (χ0v) is 22.1. The Morgan fingerprint density at radius 1 is 0.974 bits per heavy atom. The number of anilines is 1. The fraction of sp³-hybridized carbons (Fsp3) is 0.143. The Morgan fingerprint density at radius 2 is 1.72 bits per heavy atom. The maximum absolute atomic E-state index is 13.9. The number of carbonyl (C=O) groups is 2. The number of phenolic OH excluding ortho intramolecular Hbond substituents is 2. The van der Waals surface area contributed by atoms with Gasteiger partial charge in [0.25, 0.3) is 5.91 Å². The van der Waals surface area contributed by atoms with Crippen molar-refractivity contribution in [2.24, 2.45) is 0 Å². The number of benzene rings is 3. The summed E-state index contributed by atoms with van der Waals surface area (Å²) in [5, 5.41) is 32.9. The van der Waals surface area contributed by atoms with Crippen LogP contribution in [0.4, 0.5) is 5.69 Å². The summed E-state index contributed by atoms with van der Waals surface area (Å²) < 4.78 is 16.6. The van der Waals surface area contributed by atoms with Gasteiger partial charge in [-0.15, -0.1) is 0 Å². The molecule has 1 amide bonds. The molecule has 1 aliphatic heterocycles. The number of ether oxygens (including phenoxy) is 2. The van der Waals surface area contributed by atoms with Gasteiger partial charge in [-0.05, 0) is 55.0 Å². The van der Waals surface area contributed by atoms with Crippen LogP contribution in [0.1, 0.15) is 29.1 Å². The summed E-state index contributed by atoms with van der Waals surface area (Å²) in [7, 11) is 1.42. The topological polar surface area (TPSA) is 130 Å². The molecule has 1 aliphatic rings. The number of carbonyl (C=O) groups excluding carboxylic acids is 2. The molecule has 1 unspecified atom stereocenters. The Hall–Kier alpha value is -4.34. The number of hydrogen-bond acceptors (Lipinski definition) is 8. The predicted molar refractivity (Wildman–Crippen MR) is 144 cm³/mol. The van der Waals surface area contributed by atoms with E-state index in [1.807, 2.05) is 0 Å². The van der Waals surface area contributed by atoms with Gasteiger partial charge in [-0.3, -0.25) is 14.5 Å². The van der Waals surface area contributed by atoms with Crippen LogP contribution in [0.5, 0.6) is 23.0 Å². The van der Waals surface area contributed by atoms with E-state index >= 15 is 0 Å². The van der Waals surface area contributed by atoms with Gasteiger partial charge in [0.05, 0.1) is 31.0 Å². The summed E-state index contributed by atoms with van der Waals surface area (Å²) in [6, 6.07) is 11.6. The molecule has 0 saturated heterocycles. The van der Waals surface area contributed by atoms with E-state index in [0.717, 1.165) is 4.90 Å². The van der Waals surface area contributed by atoms with Crippen molar-refractivity contribution in [1.82, 2.24) is 0 Å². The minimum Gasteiger partial charge on any atom is -0.506 e. The number of furan rings is 1. The minimum atomic E-state index is -1.26. The van der Waals surface area contributed by atoms with E-state index in [-0.39, 0.29) is 51.5 Å². The Balaban J connectivity index is 1.71. The molecule has 0 saturated carbocycles. The molecule has 4 aromatic rings. The number of halogens is 2. The summed E-state index contributed by atoms with van der Waals surface area (Å²) in [6.07, 6.45) is 0. The summed E-state index contributed by atoms with van der Waals surface area (Å²) in [6.45, 7) is 1.96. The zero-order chi connectivity index (χ0) is 28.0. The van der Waals surface area contributed by atoms with Crippen molar-refractivity contribution in [3.8, 4) is 23.0 Å². The Kier molecular flexibility index (Phi) is 6.80. The van der Waals surface area contributed by atoms with E-state index in [4.69, 9.17) is 37.1 Å². The van der Waals surface area contributed by atoms with Gasteiger partial charge in [-0.2, -0.15) is 0 Å². The number of phenols is 2. The third-order valence-electron chi connectivity index (χ3n) is 6.24. The van der Waals surface area contributed by atoms with E-state index in [1.54, 1.807) is 13.0 Å². The number of aliphatic hydroxyl groups excluding tert-OH is 1. The first-order chi connectivity index (χ1) is 18.6. The van der Waals surface area contributed by atoms with Gasteiger partial charge in [0.2, 0.25) is 5.78 Å². The highest BCUT2D eigenvalue weighted by molar-refractivity contribution is 6.32. The third kappa shape index (κ3) is 4.49. The molecule has 5 rings (SSSR count). The molecule has 200 valence electrons. The quantitative estimate of drug-likeness (QED) is 0.220. The average Bonchev–Trinajstić information content (AvgIpc) is 3.45. The average molecular weight is 570 g/mol. The van der Waals surface area contributed by atoms with Gasteiger partial charge in [0.1, 0.15) is 5.75 Å². The maximum atomic E-state index is 13.9. The van der Waals surface area contributed by atoms with Gasteiger partial charge >= 0.3 is 0 Å². The number of amides is 1. The highest BCUT2D eigenvalue weighted by Crippen LogP contribution is 2.47. The number of aromatic hydroxyl groups is 2. The van der Waals surface area contributed by atoms with E-state index in [9.17, 15) is 24.9 Å². The Morgan fingerprint density at radius 3 is 2.44 bits per heavy atom. The number of ketones is 1. The van der Waals surface area contributed by atoms with Crippen LogP contribution in [-0.2, 0) is 4.79 Å². The largest absolute Gasteiger partial charge is 0.506 e. The first-order valence-electron chi connectivity index (χ1n) is 11.7. The lowest BCUT2D eigenvalue weighted by atomic mass is 9.94. The first kappa shape index (κ1) is 26.3. The lowest BCUT2D eigenvalue weighted by Gasteiger charge is -2.27. The summed E-state index contributed by atoms with van der Waals surface area (Å²) in [5.41, 5.74) is 0.180. The van der Waals surface area contributed by atoms with Gasteiger partial charge in [0, 0.05) is 21.5 Å². The molecule has 0 radical (unpaired) electrons. The summed E-state index contributed by atoms with van der Waals surface area (Å²) in [4.78, 5) is 28.4. The van der Waals surface area contributed by atoms with E-state index in [1.165, 1.54) is 55.6 Å². The van der Waals surface area contributed by atoms with Crippen molar-refractivity contribution < 1.29 is 38.8 Å². The molecule has 3 aromatic carbocycles. The second-order valence-electron chi connectivity index (χ2n) is 8.60. The van der Waals surface area contributed by atoms with Crippen molar-refractivity contribution in [1.29, 1.82) is 0 Å². The van der Waals surface area contributed by atoms with Gasteiger partial charge in [-0.25, -0.2) is 0 Å². The number of hydrogen-bond donors (Lipinski definition) is 3. The van der Waals surface area contributed by atoms with E-state index in [2.05, 4.69) is 0 Å². The van der Waals surface area contributed by atoms with Crippen LogP contribution < -0.4 is 14.4 Å². The smallest absolute Gasteiger partial charge is 0.294 e. The fourth-order valence-electron chi connectivity index (χ4n) is 4.54. The lowest BCUT2D eigenvalue weighted by molar-refractivity contribution is -0.117. The number of aliphatic hydroxyl groups is 1. The SMILES string of the molecule is CCOc1cc(C2C(C(=O)c3cc4cc(Cl)cc(OC)c4o3)=C(O)C(=O)N2c2cc(Cl)ccc2O)ccc1O. The van der Waals surface area contributed by atoms with Crippen molar-refractivity contribution in [3.05, 3.63) is 87.3 Å². The number of Topliss-reactive ketones (excluding diaryl/α,β-unsaturated/α-hetero) is 1. The molecule has 2 heterocycles. The molecule has 0 bridgehead atoms. The second-order valence-corrected chi connectivity index (χ2v) is 9.47. The van der Waals surface area contributed by atoms with Crippen LogP contribution in [0.3, 0.4) is 0 Å². The molecule has 1 aromatic heterocycles. The van der Waals surface area contributed by atoms with E-state index in [0.29, 0.717) is 21.7 Å². The molecular formula is C28H21Cl2NO8. The molecule has 9 nitrogen and oxygen atoms in total. The molecule has 39 heavy (non-hydrogen) atoms. The minimum absolute atomic E-state index is 0.0454. The second kappa shape index (κ2) is 10.1. The number of fused-ring (bicyclic) bond motifs is 1. The highest BCUT2D eigenvalue weighted by Gasteiger charge is 2.46. The first-order valence-corrected chi connectivity index (χ1v) is 12.4. The van der Waals surface area contributed by atoms with Crippen LogP contribution >= 0.6 is 23.2 Å². The maximum Gasteiger partial charge on any atom is 0.294 e. The fourth-order valence-corrected chi connectivity index (χ4v) is 4.93. The standard InChI is InChI=1S/C28H21Cl2NO8/c1-3-38-20-9-13(4-6-19(20)33)24-23(26(35)28(36)31(24)17-11-15(29)5-7-18(17)32)25(34)21-10-14-8-16(30)12-22(37-2)27(14)39-21/h4-12,24,32-33,35H,3H2,1-2H3. The van der Waals surface area contributed by atoms with Crippen LogP contribution in [0.2, 0.25) is 10.0 Å². The van der Waals surface area contributed by atoms with Crippen LogP contribution in [-0.4, -0.2) is 40.7 Å². The van der Waals surface area contributed by atoms with Crippen molar-refractivity contribution in [2.45, 2.75) is 13.0 Å². The number of nitrogens with zero attached hydrogens (tertiary/aromatic N) is 1.